The molecule has 3 N–H and O–H groups in total. The Morgan fingerprint density at radius 3 is 2.28 bits per heavy atom. The molecular formula is C15H20N2O. The topological polar surface area (TPSA) is 55.1 Å². The highest BCUT2D eigenvalue weighted by Crippen LogP contribution is 2.43. The van der Waals surface area contributed by atoms with E-state index in [4.69, 9.17) is 5.73 Å². The van der Waals surface area contributed by atoms with Crippen molar-refractivity contribution >= 4 is 5.91 Å². The summed E-state index contributed by atoms with van der Waals surface area (Å²) in [6.45, 7) is 0. The van der Waals surface area contributed by atoms with Crippen molar-refractivity contribution in [2.75, 3.05) is 0 Å². The number of rotatable bonds is 2. The van der Waals surface area contributed by atoms with Crippen molar-refractivity contribution in [3.63, 3.8) is 0 Å². The largest absolute Gasteiger partial charge is 0.349 e. The Labute approximate surface area is 108 Å². The van der Waals surface area contributed by atoms with Crippen molar-refractivity contribution in [3.05, 3.63) is 35.9 Å². The molecule has 0 bridgehead atoms. The number of nitrogens with one attached hydrogen (secondary N) is 1. The molecule has 18 heavy (non-hydrogen) atoms. The summed E-state index contributed by atoms with van der Waals surface area (Å²) in [4.78, 5) is 12.0. The van der Waals surface area contributed by atoms with Gasteiger partial charge in [-0.2, -0.15) is 0 Å². The monoisotopic (exact) mass is 244 g/mol. The van der Waals surface area contributed by atoms with E-state index in [1.54, 1.807) is 0 Å². The highest BCUT2D eigenvalue weighted by atomic mass is 16.1. The normalized spacial score (nSPS) is 34.3. The van der Waals surface area contributed by atoms with Gasteiger partial charge in [0, 0.05) is 17.6 Å². The molecule has 3 rings (SSSR count). The maximum absolute atomic E-state index is 12.0. The van der Waals surface area contributed by atoms with Crippen molar-refractivity contribution in [3.8, 4) is 0 Å². The third kappa shape index (κ3) is 2.27. The summed E-state index contributed by atoms with van der Waals surface area (Å²) in [6, 6.07) is 10.2. The Kier molecular flexibility index (Phi) is 3.08. The SMILES string of the molecule is NC1CC2CC(NC(=O)c3ccccc3)CC2C1. The molecule has 3 nitrogen and oxygen atoms in total. The fourth-order valence-corrected chi connectivity index (χ4v) is 3.64. The van der Waals surface area contributed by atoms with Crippen LogP contribution in [-0.2, 0) is 0 Å². The molecule has 0 spiro atoms. The first-order chi connectivity index (χ1) is 8.72. The predicted molar refractivity (Wildman–Crippen MR) is 71.1 cm³/mol. The minimum Gasteiger partial charge on any atom is -0.349 e. The summed E-state index contributed by atoms with van der Waals surface area (Å²) in [7, 11) is 0. The zero-order valence-corrected chi connectivity index (χ0v) is 10.5. The molecule has 2 saturated carbocycles. The van der Waals surface area contributed by atoms with Gasteiger partial charge in [0.25, 0.3) is 5.91 Å². The van der Waals surface area contributed by atoms with Crippen LogP contribution in [0.25, 0.3) is 0 Å². The molecule has 96 valence electrons. The van der Waals surface area contributed by atoms with E-state index in [2.05, 4.69) is 5.32 Å². The van der Waals surface area contributed by atoms with Gasteiger partial charge < -0.3 is 11.1 Å². The maximum atomic E-state index is 12.0. The van der Waals surface area contributed by atoms with E-state index in [0.29, 0.717) is 12.1 Å². The van der Waals surface area contributed by atoms with Crippen LogP contribution in [0.5, 0.6) is 0 Å². The first kappa shape index (κ1) is 11.7. The number of carbonyl (C=O) groups excluding carboxylic acids is 1. The van der Waals surface area contributed by atoms with Gasteiger partial charge in [-0.15, -0.1) is 0 Å². The second-order valence-electron chi connectivity index (χ2n) is 5.76. The van der Waals surface area contributed by atoms with Gasteiger partial charge in [0.05, 0.1) is 0 Å². The first-order valence-corrected chi connectivity index (χ1v) is 6.84. The van der Waals surface area contributed by atoms with E-state index >= 15 is 0 Å². The Balaban J connectivity index is 1.58. The van der Waals surface area contributed by atoms with E-state index in [9.17, 15) is 4.79 Å². The lowest BCUT2D eigenvalue weighted by molar-refractivity contribution is 0.0936. The summed E-state index contributed by atoms with van der Waals surface area (Å²) in [5, 5.41) is 3.16. The minimum atomic E-state index is 0.0601. The number of hydrogen-bond donors (Lipinski definition) is 2. The van der Waals surface area contributed by atoms with Crippen LogP contribution in [0.3, 0.4) is 0 Å². The number of fused-ring (bicyclic) bond motifs is 1. The lowest BCUT2D eigenvalue weighted by Crippen LogP contribution is -2.33. The maximum Gasteiger partial charge on any atom is 0.251 e. The number of amides is 1. The molecule has 2 unspecified atom stereocenters. The van der Waals surface area contributed by atoms with Crippen molar-refractivity contribution in [1.82, 2.24) is 5.32 Å². The van der Waals surface area contributed by atoms with Crippen LogP contribution in [0.1, 0.15) is 36.0 Å². The van der Waals surface area contributed by atoms with Crippen LogP contribution in [0.2, 0.25) is 0 Å². The van der Waals surface area contributed by atoms with E-state index < -0.39 is 0 Å². The molecule has 1 aromatic carbocycles. The van der Waals surface area contributed by atoms with Crippen molar-refractivity contribution in [2.45, 2.75) is 37.8 Å². The van der Waals surface area contributed by atoms with Crippen LogP contribution in [0, 0.1) is 11.8 Å². The van der Waals surface area contributed by atoms with Gasteiger partial charge in [-0.1, -0.05) is 18.2 Å². The minimum absolute atomic E-state index is 0.0601. The molecule has 1 amide bonds. The van der Waals surface area contributed by atoms with Gasteiger partial charge in [0.15, 0.2) is 0 Å². The summed E-state index contributed by atoms with van der Waals surface area (Å²) < 4.78 is 0. The van der Waals surface area contributed by atoms with Gasteiger partial charge >= 0.3 is 0 Å². The van der Waals surface area contributed by atoms with Gasteiger partial charge in [0.2, 0.25) is 0 Å². The molecule has 0 radical (unpaired) electrons. The zero-order valence-electron chi connectivity index (χ0n) is 10.5. The molecule has 3 heteroatoms. The Bertz CT molecular complexity index is 417. The number of carbonyl (C=O) groups is 1. The molecule has 0 saturated heterocycles. The number of hydrogen-bond acceptors (Lipinski definition) is 2. The van der Waals surface area contributed by atoms with Crippen LogP contribution in [0.4, 0.5) is 0 Å². The fourth-order valence-electron chi connectivity index (χ4n) is 3.64. The molecule has 1 aromatic rings. The van der Waals surface area contributed by atoms with Crippen molar-refractivity contribution < 1.29 is 4.79 Å². The molecule has 2 aliphatic carbocycles. The first-order valence-electron chi connectivity index (χ1n) is 6.84. The van der Waals surface area contributed by atoms with Gasteiger partial charge in [-0.05, 0) is 49.7 Å². The van der Waals surface area contributed by atoms with Crippen molar-refractivity contribution in [2.24, 2.45) is 17.6 Å². The van der Waals surface area contributed by atoms with Gasteiger partial charge in [-0.25, -0.2) is 0 Å². The third-order valence-electron chi connectivity index (χ3n) is 4.42. The second kappa shape index (κ2) is 4.73. The lowest BCUT2D eigenvalue weighted by Gasteiger charge is -2.14. The van der Waals surface area contributed by atoms with E-state index in [1.165, 1.54) is 0 Å². The molecule has 2 atom stereocenters. The van der Waals surface area contributed by atoms with Crippen LogP contribution in [0.15, 0.2) is 30.3 Å². The summed E-state index contributed by atoms with van der Waals surface area (Å²) in [6.07, 6.45) is 4.50. The number of benzene rings is 1. The fraction of sp³-hybridized carbons (Fsp3) is 0.533. The third-order valence-corrected chi connectivity index (χ3v) is 4.42. The Morgan fingerprint density at radius 2 is 1.67 bits per heavy atom. The lowest BCUT2D eigenvalue weighted by atomic mass is 10.0. The van der Waals surface area contributed by atoms with Crippen LogP contribution >= 0.6 is 0 Å². The standard InChI is InChI=1S/C15H20N2O/c16-13-6-11-8-14(9-12(11)7-13)17-15(18)10-4-2-1-3-5-10/h1-5,11-14H,6-9,16H2,(H,17,18). The Hall–Kier alpha value is -1.35. The highest BCUT2D eigenvalue weighted by molar-refractivity contribution is 5.94. The predicted octanol–water partition coefficient (Wildman–Crippen LogP) is 1.93. The van der Waals surface area contributed by atoms with Crippen molar-refractivity contribution in [1.29, 1.82) is 0 Å². The summed E-state index contributed by atoms with van der Waals surface area (Å²) >= 11 is 0. The molecule has 0 heterocycles. The summed E-state index contributed by atoms with van der Waals surface area (Å²) in [5.41, 5.74) is 6.73. The van der Waals surface area contributed by atoms with E-state index in [-0.39, 0.29) is 5.91 Å². The quantitative estimate of drug-likeness (QED) is 0.835. The number of nitrogens with two attached hydrogens (primary N) is 1. The average Bonchev–Trinajstić information content (AvgIpc) is 2.86. The second-order valence-corrected chi connectivity index (χ2v) is 5.76. The van der Waals surface area contributed by atoms with E-state index in [0.717, 1.165) is 43.1 Å². The zero-order chi connectivity index (χ0) is 12.5. The Morgan fingerprint density at radius 1 is 1.06 bits per heavy atom. The van der Waals surface area contributed by atoms with Gasteiger partial charge in [0.1, 0.15) is 0 Å². The molecule has 2 aliphatic rings. The molecule has 0 aromatic heterocycles. The van der Waals surface area contributed by atoms with E-state index in [1.807, 2.05) is 30.3 Å². The summed E-state index contributed by atoms with van der Waals surface area (Å²) in [5.74, 6) is 1.53. The molecule has 0 aliphatic heterocycles. The van der Waals surface area contributed by atoms with Crippen LogP contribution in [-0.4, -0.2) is 18.0 Å². The van der Waals surface area contributed by atoms with Crippen LogP contribution < -0.4 is 11.1 Å². The highest BCUT2D eigenvalue weighted by Gasteiger charge is 2.40. The molecule has 2 fully saturated rings. The average molecular weight is 244 g/mol. The molecular weight excluding hydrogens is 224 g/mol. The van der Waals surface area contributed by atoms with Gasteiger partial charge in [-0.3, -0.25) is 4.79 Å². The smallest absolute Gasteiger partial charge is 0.251 e.